The summed E-state index contributed by atoms with van der Waals surface area (Å²) >= 11 is 0. The van der Waals surface area contributed by atoms with Gasteiger partial charge in [0.1, 0.15) is 6.04 Å². The Morgan fingerprint density at radius 1 is 1.06 bits per heavy atom. The number of carboxylic acid groups (broad SMARTS) is 1. The van der Waals surface area contributed by atoms with Gasteiger partial charge in [-0.3, -0.25) is 9.59 Å². The Balaban J connectivity index is 2.85. The molecule has 0 aliphatic rings. The van der Waals surface area contributed by atoms with Gasteiger partial charge in [0.2, 0.25) is 11.8 Å². The van der Waals surface area contributed by atoms with Gasteiger partial charge in [-0.05, 0) is 43.9 Å². The SMILES string of the molecule is CCCCC/C=C/C(=O)NC(Cc1ccccc1)C(=O)N[C@H](/C=C/C(=O)O)CCCN. The number of hydrogen-bond acceptors (Lipinski definition) is 4. The van der Waals surface area contributed by atoms with Gasteiger partial charge < -0.3 is 21.5 Å². The number of amides is 2. The molecule has 31 heavy (non-hydrogen) atoms. The Morgan fingerprint density at radius 3 is 2.45 bits per heavy atom. The second-order valence-corrected chi connectivity index (χ2v) is 7.39. The van der Waals surface area contributed by atoms with Crippen LogP contribution >= 0.6 is 0 Å². The van der Waals surface area contributed by atoms with Crippen LogP contribution in [-0.2, 0) is 20.8 Å². The predicted octanol–water partition coefficient (Wildman–Crippen LogP) is 2.71. The summed E-state index contributed by atoms with van der Waals surface area (Å²) in [6, 6.07) is 8.15. The Morgan fingerprint density at radius 2 is 1.81 bits per heavy atom. The summed E-state index contributed by atoms with van der Waals surface area (Å²) in [4.78, 5) is 36.2. The molecule has 170 valence electrons. The van der Waals surface area contributed by atoms with E-state index in [2.05, 4.69) is 17.6 Å². The maximum atomic E-state index is 13.0. The van der Waals surface area contributed by atoms with E-state index in [0.29, 0.717) is 25.8 Å². The van der Waals surface area contributed by atoms with Crippen LogP contribution in [0.25, 0.3) is 0 Å². The first-order valence-electron chi connectivity index (χ1n) is 10.9. The molecule has 5 N–H and O–H groups in total. The van der Waals surface area contributed by atoms with Crippen LogP contribution in [0.5, 0.6) is 0 Å². The van der Waals surface area contributed by atoms with Gasteiger partial charge in [0, 0.05) is 18.5 Å². The lowest BCUT2D eigenvalue weighted by Crippen LogP contribution is -2.50. The molecule has 1 unspecified atom stereocenters. The zero-order chi connectivity index (χ0) is 22.9. The minimum atomic E-state index is -1.09. The van der Waals surface area contributed by atoms with E-state index in [1.807, 2.05) is 36.4 Å². The van der Waals surface area contributed by atoms with Crippen molar-refractivity contribution < 1.29 is 19.5 Å². The van der Waals surface area contributed by atoms with Crippen LogP contribution < -0.4 is 16.4 Å². The number of carbonyl (C=O) groups is 3. The van der Waals surface area contributed by atoms with E-state index < -0.39 is 18.1 Å². The molecule has 7 nitrogen and oxygen atoms in total. The van der Waals surface area contributed by atoms with Crippen LogP contribution in [0, 0.1) is 0 Å². The number of rotatable bonds is 15. The van der Waals surface area contributed by atoms with E-state index in [-0.39, 0.29) is 11.8 Å². The smallest absolute Gasteiger partial charge is 0.328 e. The zero-order valence-electron chi connectivity index (χ0n) is 18.3. The summed E-state index contributed by atoms with van der Waals surface area (Å²) in [6.45, 7) is 2.55. The quantitative estimate of drug-likeness (QED) is 0.252. The number of unbranched alkanes of at least 4 members (excludes halogenated alkanes) is 3. The molecule has 2 atom stereocenters. The second kappa shape index (κ2) is 15.8. The molecule has 1 aromatic carbocycles. The normalized spacial score (nSPS) is 13.2. The highest BCUT2D eigenvalue weighted by atomic mass is 16.4. The molecule has 1 aromatic rings. The van der Waals surface area contributed by atoms with Crippen molar-refractivity contribution in [2.24, 2.45) is 5.73 Å². The molecule has 0 aliphatic heterocycles. The molecule has 0 saturated heterocycles. The topological polar surface area (TPSA) is 122 Å². The monoisotopic (exact) mass is 429 g/mol. The van der Waals surface area contributed by atoms with E-state index in [4.69, 9.17) is 10.8 Å². The molecular formula is C24H35N3O4. The molecule has 0 spiro atoms. The van der Waals surface area contributed by atoms with E-state index in [1.165, 1.54) is 12.2 Å². The van der Waals surface area contributed by atoms with Crippen LogP contribution in [0.15, 0.2) is 54.6 Å². The average molecular weight is 430 g/mol. The van der Waals surface area contributed by atoms with Crippen LogP contribution in [-0.4, -0.2) is 41.5 Å². The molecule has 0 aliphatic carbocycles. The average Bonchev–Trinajstić information content (AvgIpc) is 2.75. The molecule has 1 rings (SSSR count). The summed E-state index contributed by atoms with van der Waals surface area (Å²) in [5, 5.41) is 14.5. The Hall–Kier alpha value is -2.93. The lowest BCUT2D eigenvalue weighted by molar-refractivity contribution is -0.131. The van der Waals surface area contributed by atoms with Crippen molar-refractivity contribution in [3.05, 3.63) is 60.2 Å². The van der Waals surface area contributed by atoms with Gasteiger partial charge in [0.25, 0.3) is 0 Å². The predicted molar refractivity (Wildman–Crippen MR) is 122 cm³/mol. The number of benzene rings is 1. The number of aliphatic carboxylic acids is 1. The Labute approximate surface area is 184 Å². The first kappa shape index (κ1) is 26.1. The third kappa shape index (κ3) is 12.4. The largest absolute Gasteiger partial charge is 0.478 e. The summed E-state index contributed by atoms with van der Waals surface area (Å²) in [7, 11) is 0. The third-order valence-electron chi connectivity index (χ3n) is 4.68. The molecule has 0 bridgehead atoms. The molecule has 0 aromatic heterocycles. The molecule has 0 radical (unpaired) electrons. The number of hydrogen-bond donors (Lipinski definition) is 4. The summed E-state index contributed by atoms with van der Waals surface area (Å²) in [5.41, 5.74) is 6.46. The number of nitrogens with one attached hydrogen (secondary N) is 2. The number of carbonyl (C=O) groups excluding carboxylic acids is 2. The molecule has 0 saturated carbocycles. The minimum Gasteiger partial charge on any atom is -0.478 e. The third-order valence-corrected chi connectivity index (χ3v) is 4.68. The van der Waals surface area contributed by atoms with Gasteiger partial charge in [-0.15, -0.1) is 0 Å². The maximum Gasteiger partial charge on any atom is 0.328 e. The van der Waals surface area contributed by atoms with Crippen molar-refractivity contribution >= 4 is 17.8 Å². The fourth-order valence-corrected chi connectivity index (χ4v) is 3.02. The van der Waals surface area contributed by atoms with E-state index in [1.54, 1.807) is 0 Å². The van der Waals surface area contributed by atoms with Gasteiger partial charge in [0.05, 0.1) is 0 Å². The van der Waals surface area contributed by atoms with Crippen molar-refractivity contribution in [2.75, 3.05) is 6.54 Å². The lowest BCUT2D eigenvalue weighted by atomic mass is 10.0. The second-order valence-electron chi connectivity index (χ2n) is 7.39. The highest BCUT2D eigenvalue weighted by Gasteiger charge is 2.22. The van der Waals surface area contributed by atoms with Crippen molar-refractivity contribution in [3.63, 3.8) is 0 Å². The summed E-state index contributed by atoms with van der Waals surface area (Å²) in [5.74, 6) is -1.78. The first-order chi connectivity index (χ1) is 15.0. The maximum absolute atomic E-state index is 13.0. The summed E-state index contributed by atoms with van der Waals surface area (Å²) in [6.07, 6.45) is 11.3. The molecule has 2 amide bonds. The fourth-order valence-electron chi connectivity index (χ4n) is 3.02. The van der Waals surface area contributed by atoms with Crippen LogP contribution in [0.3, 0.4) is 0 Å². The van der Waals surface area contributed by atoms with Crippen molar-refractivity contribution in [2.45, 2.75) is 64.0 Å². The van der Waals surface area contributed by atoms with Crippen LogP contribution in [0.4, 0.5) is 0 Å². The minimum absolute atomic E-state index is 0.327. The van der Waals surface area contributed by atoms with Gasteiger partial charge in [-0.1, -0.05) is 62.2 Å². The fraction of sp³-hybridized carbons (Fsp3) is 0.458. The van der Waals surface area contributed by atoms with Crippen LogP contribution in [0.1, 0.15) is 51.0 Å². The molecular weight excluding hydrogens is 394 g/mol. The van der Waals surface area contributed by atoms with E-state index >= 15 is 0 Å². The lowest BCUT2D eigenvalue weighted by Gasteiger charge is -2.21. The van der Waals surface area contributed by atoms with E-state index in [9.17, 15) is 14.4 Å². The Kier molecular flexibility index (Phi) is 13.3. The standard InChI is InChI=1S/C24H35N3O4/c1-2-3-4-5-9-14-22(28)27-21(18-19-11-7-6-8-12-19)24(31)26-20(13-10-17-25)15-16-23(29)30/h6-9,11-12,14-16,20-21H,2-5,10,13,17-18,25H2,1H3,(H,26,31)(H,27,28)(H,29,30)/b14-9+,16-15+/t20-,21?/m0/s1. The van der Waals surface area contributed by atoms with Crippen molar-refractivity contribution in [3.8, 4) is 0 Å². The van der Waals surface area contributed by atoms with Gasteiger partial charge in [-0.25, -0.2) is 4.79 Å². The number of carboxylic acids is 1. The molecule has 0 fully saturated rings. The first-order valence-corrected chi connectivity index (χ1v) is 10.9. The molecule has 0 heterocycles. The van der Waals surface area contributed by atoms with E-state index in [0.717, 1.165) is 37.3 Å². The highest BCUT2D eigenvalue weighted by Crippen LogP contribution is 2.06. The summed E-state index contributed by atoms with van der Waals surface area (Å²) < 4.78 is 0. The van der Waals surface area contributed by atoms with Crippen molar-refractivity contribution in [1.82, 2.24) is 10.6 Å². The highest BCUT2D eigenvalue weighted by molar-refractivity contribution is 5.93. The van der Waals surface area contributed by atoms with Gasteiger partial charge in [0.15, 0.2) is 0 Å². The van der Waals surface area contributed by atoms with Gasteiger partial charge in [-0.2, -0.15) is 0 Å². The van der Waals surface area contributed by atoms with Gasteiger partial charge >= 0.3 is 5.97 Å². The number of nitrogens with two attached hydrogens (primary N) is 1. The zero-order valence-corrected chi connectivity index (χ0v) is 18.3. The molecule has 7 heteroatoms. The van der Waals surface area contributed by atoms with Crippen LogP contribution in [0.2, 0.25) is 0 Å². The Bertz CT molecular complexity index is 732. The van der Waals surface area contributed by atoms with Crippen molar-refractivity contribution in [1.29, 1.82) is 0 Å². The number of allylic oxidation sites excluding steroid dienone is 1.